The molecule has 2 atom stereocenters. The van der Waals surface area contributed by atoms with Crippen molar-refractivity contribution in [2.24, 2.45) is 5.92 Å². The van der Waals surface area contributed by atoms with E-state index in [9.17, 15) is 4.79 Å². The number of nitrogens with one attached hydrogen (secondary N) is 2. The molecule has 0 aliphatic carbocycles. The maximum atomic E-state index is 12.5. The fourth-order valence-corrected chi connectivity index (χ4v) is 2.64. The number of halogens is 1. The minimum atomic E-state index is -0.0875. The van der Waals surface area contributed by atoms with E-state index in [1.165, 1.54) is 0 Å². The van der Waals surface area contributed by atoms with Crippen LogP contribution in [-0.2, 0) is 4.74 Å². The molecule has 21 heavy (non-hydrogen) atoms. The molecule has 0 radical (unpaired) electrons. The van der Waals surface area contributed by atoms with Crippen LogP contribution in [0.15, 0.2) is 18.2 Å². The summed E-state index contributed by atoms with van der Waals surface area (Å²) in [4.78, 5) is 12.5. The third-order valence-corrected chi connectivity index (χ3v) is 4.06. The molecule has 0 aromatic heterocycles. The second-order valence-corrected chi connectivity index (χ2v) is 5.94. The molecule has 2 unspecified atom stereocenters. The van der Waals surface area contributed by atoms with Gasteiger partial charge in [0.15, 0.2) is 0 Å². The van der Waals surface area contributed by atoms with Crippen LogP contribution in [0, 0.1) is 5.92 Å². The highest BCUT2D eigenvalue weighted by Gasteiger charge is 2.24. The smallest absolute Gasteiger partial charge is 0.253 e. The van der Waals surface area contributed by atoms with Gasteiger partial charge in [0.1, 0.15) is 0 Å². The minimum absolute atomic E-state index is 0.0875. The van der Waals surface area contributed by atoms with E-state index in [0.29, 0.717) is 16.5 Å². The van der Waals surface area contributed by atoms with Gasteiger partial charge in [0, 0.05) is 35.8 Å². The van der Waals surface area contributed by atoms with E-state index in [1.807, 2.05) is 13.0 Å². The van der Waals surface area contributed by atoms with Crippen LogP contribution in [0.4, 0.5) is 5.69 Å². The first-order valence-electron chi connectivity index (χ1n) is 7.54. The number of benzene rings is 1. The summed E-state index contributed by atoms with van der Waals surface area (Å²) >= 11 is 6.03. The molecule has 0 spiro atoms. The van der Waals surface area contributed by atoms with E-state index in [4.69, 9.17) is 16.3 Å². The summed E-state index contributed by atoms with van der Waals surface area (Å²) in [6.07, 6.45) is 2.00. The molecule has 2 rings (SSSR count). The number of carbonyl (C=O) groups excluding carboxylic acids is 1. The van der Waals surface area contributed by atoms with Crippen LogP contribution in [0.2, 0.25) is 5.02 Å². The molecule has 1 amide bonds. The first-order chi connectivity index (χ1) is 10.1. The van der Waals surface area contributed by atoms with Gasteiger partial charge in [0.2, 0.25) is 0 Å². The summed E-state index contributed by atoms with van der Waals surface area (Å²) in [5.41, 5.74) is 1.43. The van der Waals surface area contributed by atoms with Crippen molar-refractivity contribution in [1.29, 1.82) is 0 Å². The van der Waals surface area contributed by atoms with Crippen molar-refractivity contribution in [3.63, 3.8) is 0 Å². The summed E-state index contributed by atoms with van der Waals surface area (Å²) in [5.74, 6) is 0.302. The molecule has 0 bridgehead atoms. The Morgan fingerprint density at radius 3 is 3.00 bits per heavy atom. The van der Waals surface area contributed by atoms with Gasteiger partial charge in [-0.3, -0.25) is 4.79 Å². The minimum Gasteiger partial charge on any atom is -0.384 e. The number of ether oxygens (including phenoxy) is 1. The molecule has 2 N–H and O–H groups in total. The van der Waals surface area contributed by atoms with Crippen molar-refractivity contribution >= 4 is 23.2 Å². The lowest BCUT2D eigenvalue weighted by Gasteiger charge is -2.20. The molecule has 1 aromatic carbocycles. The zero-order valence-electron chi connectivity index (χ0n) is 12.6. The monoisotopic (exact) mass is 310 g/mol. The maximum absolute atomic E-state index is 12.5. The largest absolute Gasteiger partial charge is 0.384 e. The van der Waals surface area contributed by atoms with E-state index in [2.05, 4.69) is 17.6 Å². The zero-order valence-corrected chi connectivity index (χ0v) is 13.4. The Balaban J connectivity index is 2.07. The van der Waals surface area contributed by atoms with Crippen molar-refractivity contribution in [3.05, 3.63) is 28.8 Å². The summed E-state index contributed by atoms with van der Waals surface area (Å²) < 4.78 is 5.38. The quantitative estimate of drug-likeness (QED) is 0.847. The molecule has 116 valence electrons. The van der Waals surface area contributed by atoms with Crippen LogP contribution < -0.4 is 10.6 Å². The normalized spacial score (nSPS) is 19.3. The van der Waals surface area contributed by atoms with Gasteiger partial charge in [0.25, 0.3) is 5.91 Å². The van der Waals surface area contributed by atoms with Crippen molar-refractivity contribution in [3.8, 4) is 0 Å². The number of carbonyl (C=O) groups is 1. The fourth-order valence-electron chi connectivity index (χ4n) is 2.47. The maximum Gasteiger partial charge on any atom is 0.253 e. The predicted octanol–water partition coefficient (Wildman–Crippen LogP) is 3.32. The Morgan fingerprint density at radius 2 is 2.33 bits per heavy atom. The molecule has 0 saturated carbocycles. The molecular formula is C16H23ClN2O2. The highest BCUT2D eigenvalue weighted by atomic mass is 35.5. The average molecular weight is 311 g/mol. The Kier molecular flexibility index (Phi) is 5.88. The van der Waals surface area contributed by atoms with E-state index in [1.54, 1.807) is 12.1 Å². The van der Waals surface area contributed by atoms with Crippen LogP contribution >= 0.6 is 11.6 Å². The van der Waals surface area contributed by atoms with Gasteiger partial charge < -0.3 is 15.4 Å². The van der Waals surface area contributed by atoms with Crippen LogP contribution in [-0.4, -0.2) is 31.7 Å². The lowest BCUT2D eigenvalue weighted by molar-refractivity contribution is 0.0923. The Bertz CT molecular complexity index is 487. The fraction of sp³-hybridized carbons (Fsp3) is 0.562. The highest BCUT2D eigenvalue weighted by Crippen LogP contribution is 2.22. The SMILES string of the molecule is CCCNc1ccc(Cl)cc1C(=O)NC(C)C1CCOC1. The summed E-state index contributed by atoms with van der Waals surface area (Å²) in [6, 6.07) is 5.46. The van der Waals surface area contributed by atoms with Gasteiger partial charge in [-0.15, -0.1) is 0 Å². The molecule has 4 nitrogen and oxygen atoms in total. The van der Waals surface area contributed by atoms with Crippen molar-refractivity contribution < 1.29 is 9.53 Å². The number of amides is 1. The summed E-state index contributed by atoms with van der Waals surface area (Å²) in [7, 11) is 0. The number of rotatable bonds is 6. The van der Waals surface area contributed by atoms with Crippen LogP contribution in [0.1, 0.15) is 37.0 Å². The van der Waals surface area contributed by atoms with Crippen molar-refractivity contribution in [1.82, 2.24) is 5.32 Å². The molecule has 1 saturated heterocycles. The Labute approximate surface area is 131 Å². The van der Waals surface area contributed by atoms with Gasteiger partial charge in [-0.05, 0) is 38.0 Å². The molecule has 1 aliphatic heterocycles. The Hall–Kier alpha value is -1.26. The predicted molar refractivity (Wildman–Crippen MR) is 86.1 cm³/mol. The number of hydrogen-bond acceptors (Lipinski definition) is 3. The molecular weight excluding hydrogens is 288 g/mol. The number of anilines is 1. The van der Waals surface area contributed by atoms with Gasteiger partial charge in [-0.1, -0.05) is 18.5 Å². The summed E-state index contributed by atoms with van der Waals surface area (Å²) in [5, 5.41) is 6.90. The molecule has 5 heteroatoms. The van der Waals surface area contributed by atoms with Gasteiger partial charge >= 0.3 is 0 Å². The van der Waals surface area contributed by atoms with E-state index in [0.717, 1.165) is 38.3 Å². The molecule has 1 aliphatic rings. The van der Waals surface area contributed by atoms with Crippen LogP contribution in [0.3, 0.4) is 0 Å². The van der Waals surface area contributed by atoms with Gasteiger partial charge in [0.05, 0.1) is 12.2 Å². The van der Waals surface area contributed by atoms with Crippen LogP contribution in [0.25, 0.3) is 0 Å². The second-order valence-electron chi connectivity index (χ2n) is 5.50. The van der Waals surface area contributed by atoms with E-state index < -0.39 is 0 Å². The number of hydrogen-bond donors (Lipinski definition) is 2. The van der Waals surface area contributed by atoms with E-state index in [-0.39, 0.29) is 11.9 Å². The lowest BCUT2D eigenvalue weighted by atomic mass is 10.00. The first kappa shape index (κ1) is 16.1. The topological polar surface area (TPSA) is 50.4 Å². The highest BCUT2D eigenvalue weighted by molar-refractivity contribution is 6.31. The third kappa shape index (κ3) is 4.35. The Morgan fingerprint density at radius 1 is 1.52 bits per heavy atom. The average Bonchev–Trinajstić information content (AvgIpc) is 3.00. The van der Waals surface area contributed by atoms with Gasteiger partial charge in [-0.2, -0.15) is 0 Å². The van der Waals surface area contributed by atoms with E-state index >= 15 is 0 Å². The molecule has 1 aromatic rings. The third-order valence-electron chi connectivity index (χ3n) is 3.82. The van der Waals surface area contributed by atoms with Gasteiger partial charge in [-0.25, -0.2) is 0 Å². The lowest BCUT2D eigenvalue weighted by Crippen LogP contribution is -2.38. The summed E-state index contributed by atoms with van der Waals surface area (Å²) in [6.45, 7) is 6.45. The zero-order chi connectivity index (χ0) is 15.2. The van der Waals surface area contributed by atoms with Crippen LogP contribution in [0.5, 0.6) is 0 Å². The second kappa shape index (κ2) is 7.66. The molecule has 1 heterocycles. The van der Waals surface area contributed by atoms with Crippen molar-refractivity contribution in [2.45, 2.75) is 32.7 Å². The molecule has 1 fully saturated rings. The standard InChI is InChI=1S/C16H23ClN2O2/c1-3-7-18-15-5-4-13(17)9-14(15)16(20)19-11(2)12-6-8-21-10-12/h4-5,9,11-12,18H,3,6-8,10H2,1-2H3,(H,19,20). The van der Waals surface area contributed by atoms with Crippen molar-refractivity contribution in [2.75, 3.05) is 25.1 Å². The first-order valence-corrected chi connectivity index (χ1v) is 7.91.